The molecule has 8 nitrogen and oxygen atoms in total. The van der Waals surface area contributed by atoms with Crippen molar-refractivity contribution in [1.29, 1.82) is 0 Å². The van der Waals surface area contributed by atoms with E-state index in [-0.39, 0.29) is 31.2 Å². The zero-order chi connectivity index (χ0) is 29.9. The molecule has 0 radical (unpaired) electrons. The van der Waals surface area contributed by atoms with Crippen molar-refractivity contribution < 1.29 is 21.6 Å². The summed E-state index contributed by atoms with van der Waals surface area (Å²) in [6.07, 6.45) is 0. The first-order valence-electron chi connectivity index (χ1n) is 12.3. The summed E-state index contributed by atoms with van der Waals surface area (Å²) in [5.41, 5.74) is 3.32. The molecule has 0 saturated heterocycles. The monoisotopic (exact) mass is 631 g/mol. The van der Waals surface area contributed by atoms with E-state index >= 15 is 0 Å². The van der Waals surface area contributed by atoms with E-state index in [4.69, 9.17) is 23.2 Å². The van der Waals surface area contributed by atoms with Crippen LogP contribution in [-0.2, 0) is 24.8 Å². The second-order valence-electron chi connectivity index (χ2n) is 9.39. The average Bonchev–Trinajstić information content (AvgIpc) is 2.91. The van der Waals surface area contributed by atoms with Gasteiger partial charge in [-0.15, -0.1) is 0 Å². The summed E-state index contributed by atoms with van der Waals surface area (Å²) in [4.78, 5) is 13.1. The van der Waals surface area contributed by atoms with Gasteiger partial charge in [0.1, 0.15) is 6.54 Å². The first-order valence-corrected chi connectivity index (χ1v) is 16.0. The second-order valence-corrected chi connectivity index (χ2v) is 13.7. The van der Waals surface area contributed by atoms with E-state index in [1.54, 1.807) is 25.1 Å². The highest BCUT2D eigenvalue weighted by Gasteiger charge is 2.29. The molecule has 1 amide bonds. The van der Waals surface area contributed by atoms with Crippen LogP contribution in [0.5, 0.6) is 0 Å². The molecule has 214 valence electrons. The van der Waals surface area contributed by atoms with Crippen molar-refractivity contribution in [2.75, 3.05) is 20.9 Å². The van der Waals surface area contributed by atoms with Crippen LogP contribution in [0, 0.1) is 20.8 Å². The number of aryl methyl sites for hydroxylation is 3. The van der Waals surface area contributed by atoms with Gasteiger partial charge in [-0.25, -0.2) is 16.8 Å². The van der Waals surface area contributed by atoms with Crippen LogP contribution in [0.15, 0.2) is 94.7 Å². The molecule has 0 fully saturated rings. The minimum atomic E-state index is -4.22. The van der Waals surface area contributed by atoms with Gasteiger partial charge in [-0.05, 0) is 86.5 Å². The molecule has 12 heteroatoms. The Morgan fingerprint density at radius 1 is 0.780 bits per heavy atom. The normalized spacial score (nSPS) is 11.6. The highest BCUT2D eigenvalue weighted by atomic mass is 35.5. The third kappa shape index (κ3) is 7.02. The molecule has 0 aliphatic rings. The molecule has 41 heavy (non-hydrogen) atoms. The van der Waals surface area contributed by atoms with Crippen molar-refractivity contribution in [3.8, 4) is 0 Å². The highest BCUT2D eigenvalue weighted by Crippen LogP contribution is 2.35. The van der Waals surface area contributed by atoms with Crippen LogP contribution in [0.25, 0.3) is 0 Å². The number of hydrogen-bond acceptors (Lipinski definition) is 5. The highest BCUT2D eigenvalue weighted by molar-refractivity contribution is 7.93. The van der Waals surface area contributed by atoms with Gasteiger partial charge in [0.15, 0.2) is 0 Å². The third-order valence-electron chi connectivity index (χ3n) is 6.18. The lowest BCUT2D eigenvalue weighted by atomic mass is 10.1. The van der Waals surface area contributed by atoms with Crippen LogP contribution in [0.1, 0.15) is 16.7 Å². The SMILES string of the molecule is Cc1ccc(S(=O)(=O)N(CC(=O)Nc2ccc(S(=O)(=O)Nc3cc(C)ccc3C)cc2)c2cccc(Cl)c2Cl)cc1. The maximum absolute atomic E-state index is 13.6. The Balaban J connectivity index is 1.57. The molecule has 0 aliphatic carbocycles. The van der Waals surface area contributed by atoms with Gasteiger partial charge in [0, 0.05) is 5.69 Å². The first-order chi connectivity index (χ1) is 19.3. The van der Waals surface area contributed by atoms with Crippen LogP contribution >= 0.6 is 23.2 Å². The fourth-order valence-corrected chi connectivity index (χ4v) is 6.92. The molecule has 0 saturated carbocycles. The molecule has 4 aromatic carbocycles. The second kappa shape index (κ2) is 12.1. The summed E-state index contributed by atoms with van der Waals surface area (Å²) in [7, 11) is -8.11. The number of halogens is 2. The molecule has 4 aromatic rings. The molecule has 0 aromatic heterocycles. The fraction of sp³-hybridized carbons (Fsp3) is 0.138. The zero-order valence-electron chi connectivity index (χ0n) is 22.4. The number of carbonyl (C=O) groups is 1. The van der Waals surface area contributed by atoms with Gasteiger partial charge in [0.05, 0.1) is 31.2 Å². The Morgan fingerprint density at radius 2 is 1.39 bits per heavy atom. The minimum Gasteiger partial charge on any atom is -0.325 e. The van der Waals surface area contributed by atoms with Crippen LogP contribution in [0.2, 0.25) is 10.0 Å². The van der Waals surface area contributed by atoms with Crippen molar-refractivity contribution in [2.45, 2.75) is 30.6 Å². The number of hydrogen-bond donors (Lipinski definition) is 2. The molecule has 0 atom stereocenters. The number of sulfonamides is 2. The molecular weight excluding hydrogens is 605 g/mol. The molecule has 4 rings (SSSR count). The molecule has 0 unspecified atom stereocenters. The molecule has 0 heterocycles. The Kier molecular flexibility index (Phi) is 8.98. The van der Waals surface area contributed by atoms with Crippen molar-refractivity contribution >= 4 is 66.2 Å². The first kappa shape index (κ1) is 30.4. The largest absolute Gasteiger partial charge is 0.325 e. The van der Waals surface area contributed by atoms with Crippen LogP contribution in [0.3, 0.4) is 0 Å². The van der Waals surface area contributed by atoms with Gasteiger partial charge in [-0.3, -0.25) is 13.8 Å². The van der Waals surface area contributed by atoms with Crippen LogP contribution in [-0.4, -0.2) is 29.3 Å². The van der Waals surface area contributed by atoms with Gasteiger partial charge >= 0.3 is 0 Å². The van der Waals surface area contributed by atoms with Crippen molar-refractivity contribution in [1.82, 2.24) is 0 Å². The van der Waals surface area contributed by atoms with E-state index in [2.05, 4.69) is 10.0 Å². The zero-order valence-corrected chi connectivity index (χ0v) is 25.5. The van der Waals surface area contributed by atoms with Gasteiger partial charge in [0.25, 0.3) is 20.0 Å². The molecule has 0 spiro atoms. The number of benzene rings is 4. The quantitative estimate of drug-likeness (QED) is 0.217. The summed E-state index contributed by atoms with van der Waals surface area (Å²) in [6, 6.07) is 21.7. The lowest BCUT2D eigenvalue weighted by molar-refractivity contribution is -0.114. The number of rotatable bonds is 9. The van der Waals surface area contributed by atoms with Gasteiger partial charge in [0.2, 0.25) is 5.91 Å². The summed E-state index contributed by atoms with van der Waals surface area (Å²) in [5.74, 6) is -0.680. The lowest BCUT2D eigenvalue weighted by Crippen LogP contribution is -2.38. The van der Waals surface area contributed by atoms with E-state index in [1.807, 2.05) is 26.0 Å². The van der Waals surface area contributed by atoms with E-state index in [9.17, 15) is 21.6 Å². The number of amides is 1. The summed E-state index contributed by atoms with van der Waals surface area (Å²) in [5, 5.41) is 2.72. The topological polar surface area (TPSA) is 113 Å². The van der Waals surface area contributed by atoms with E-state index in [0.717, 1.165) is 21.0 Å². The van der Waals surface area contributed by atoms with Crippen LogP contribution in [0.4, 0.5) is 17.1 Å². The lowest BCUT2D eigenvalue weighted by Gasteiger charge is -2.25. The van der Waals surface area contributed by atoms with Crippen molar-refractivity contribution in [2.24, 2.45) is 0 Å². The third-order valence-corrected chi connectivity index (χ3v) is 10.1. The predicted molar refractivity (Wildman–Crippen MR) is 164 cm³/mol. The number of nitrogens with zero attached hydrogens (tertiary/aromatic N) is 1. The van der Waals surface area contributed by atoms with Gasteiger partial charge in [-0.2, -0.15) is 0 Å². The minimum absolute atomic E-state index is 0.00862. The van der Waals surface area contributed by atoms with E-state index in [1.165, 1.54) is 54.6 Å². The van der Waals surface area contributed by atoms with Crippen molar-refractivity contribution in [3.05, 3.63) is 112 Å². The average molecular weight is 633 g/mol. The maximum atomic E-state index is 13.6. The Bertz CT molecular complexity index is 1810. The number of nitrogens with one attached hydrogen (secondary N) is 2. The maximum Gasteiger partial charge on any atom is 0.264 e. The number of carbonyl (C=O) groups excluding carboxylic acids is 1. The van der Waals surface area contributed by atoms with Crippen LogP contribution < -0.4 is 14.3 Å². The Morgan fingerprint density at radius 3 is 2.05 bits per heavy atom. The summed E-state index contributed by atoms with van der Waals surface area (Å²) >= 11 is 12.5. The van der Waals surface area contributed by atoms with Gasteiger partial charge in [-0.1, -0.05) is 59.1 Å². The predicted octanol–water partition coefficient (Wildman–Crippen LogP) is 6.55. The standard InChI is InChI=1S/C29H27Cl2N3O5S2/c1-19-8-13-24(14-9-19)41(38,39)34(27-6-4-5-25(30)29(27)31)18-28(35)32-22-11-15-23(16-12-22)40(36,37)33-26-17-20(2)7-10-21(26)3/h4-17,33H,18H2,1-3H3,(H,32,35). The van der Waals surface area contributed by atoms with E-state index in [0.29, 0.717) is 5.69 Å². The molecular formula is C29H27Cl2N3O5S2. The number of anilines is 3. The molecule has 0 aliphatic heterocycles. The summed E-state index contributed by atoms with van der Waals surface area (Å²) in [6.45, 7) is 4.87. The fourth-order valence-electron chi connectivity index (χ4n) is 3.92. The molecule has 2 N–H and O–H groups in total. The Labute approximate surface area is 250 Å². The van der Waals surface area contributed by atoms with Gasteiger partial charge < -0.3 is 5.32 Å². The molecule has 0 bridgehead atoms. The van der Waals surface area contributed by atoms with E-state index < -0.39 is 32.5 Å². The summed E-state index contributed by atoms with van der Waals surface area (Å²) < 4.78 is 56.6. The smallest absolute Gasteiger partial charge is 0.264 e. The Hall–Kier alpha value is -3.57. The van der Waals surface area contributed by atoms with Crippen molar-refractivity contribution in [3.63, 3.8) is 0 Å².